The number of hydrogen-bond donors (Lipinski definition) is 1. The molecule has 0 spiro atoms. The number of carbonyl (C=O) groups is 1. The van der Waals surface area contributed by atoms with Crippen LogP contribution in [0.3, 0.4) is 0 Å². The van der Waals surface area contributed by atoms with Crippen molar-refractivity contribution in [2.24, 2.45) is 0 Å². The minimum absolute atomic E-state index is 0.186. The maximum Gasteiger partial charge on any atom is 0.303 e. The van der Waals surface area contributed by atoms with Crippen molar-refractivity contribution in [2.75, 3.05) is 25.4 Å². The van der Waals surface area contributed by atoms with Crippen LogP contribution in [-0.2, 0) is 29.6 Å². The lowest BCUT2D eigenvalue weighted by Gasteiger charge is -2.23. The Hall–Kier alpha value is -2.38. The van der Waals surface area contributed by atoms with Gasteiger partial charge in [0.15, 0.2) is 0 Å². The summed E-state index contributed by atoms with van der Waals surface area (Å²) in [5.41, 5.74) is 4.58. The quantitative estimate of drug-likeness (QED) is 0.737. The SMILES string of the molecule is CCc1ccc(CC)c(CNC(=O)c2ccc(N(C)S(=O)(=O)N(C)C)cc2)c1. The van der Waals surface area contributed by atoms with Crippen LogP contribution in [0.5, 0.6) is 0 Å². The third kappa shape index (κ3) is 4.91. The van der Waals surface area contributed by atoms with Gasteiger partial charge in [0.05, 0.1) is 5.69 Å². The summed E-state index contributed by atoms with van der Waals surface area (Å²) in [5.74, 6) is -0.186. The molecule has 1 amide bonds. The number of nitrogens with zero attached hydrogens (tertiary/aromatic N) is 2. The average molecular weight is 404 g/mol. The Morgan fingerprint density at radius 3 is 2.11 bits per heavy atom. The summed E-state index contributed by atoms with van der Waals surface area (Å²) in [4.78, 5) is 12.5. The zero-order valence-corrected chi connectivity index (χ0v) is 18.0. The number of rotatable bonds is 8. The molecule has 0 aromatic heterocycles. The van der Waals surface area contributed by atoms with Crippen molar-refractivity contribution in [3.63, 3.8) is 0 Å². The first-order valence-electron chi connectivity index (χ1n) is 9.36. The summed E-state index contributed by atoms with van der Waals surface area (Å²) in [7, 11) is 0.882. The molecule has 0 radical (unpaired) electrons. The first-order chi connectivity index (χ1) is 13.2. The van der Waals surface area contributed by atoms with Crippen molar-refractivity contribution in [1.82, 2.24) is 9.62 Å². The second-order valence-corrected chi connectivity index (χ2v) is 8.97. The predicted octanol–water partition coefficient (Wildman–Crippen LogP) is 2.98. The molecule has 2 rings (SSSR count). The molecule has 0 saturated carbocycles. The number of benzene rings is 2. The van der Waals surface area contributed by atoms with Crippen molar-refractivity contribution in [3.05, 3.63) is 64.7 Å². The van der Waals surface area contributed by atoms with Gasteiger partial charge in [-0.15, -0.1) is 0 Å². The zero-order chi connectivity index (χ0) is 20.9. The van der Waals surface area contributed by atoms with E-state index in [4.69, 9.17) is 0 Å². The highest BCUT2D eigenvalue weighted by molar-refractivity contribution is 7.90. The molecule has 0 aliphatic heterocycles. The van der Waals surface area contributed by atoms with Gasteiger partial charge in [0.25, 0.3) is 5.91 Å². The molecule has 0 heterocycles. The van der Waals surface area contributed by atoms with Crippen LogP contribution < -0.4 is 9.62 Å². The molecule has 1 N–H and O–H groups in total. The molecule has 0 bridgehead atoms. The summed E-state index contributed by atoms with van der Waals surface area (Å²) in [5, 5.41) is 2.96. The van der Waals surface area contributed by atoms with Crippen LogP contribution in [0.25, 0.3) is 0 Å². The Labute approximate surface area is 168 Å². The van der Waals surface area contributed by atoms with Gasteiger partial charge in [0.2, 0.25) is 0 Å². The number of carbonyl (C=O) groups excluding carboxylic acids is 1. The van der Waals surface area contributed by atoms with Gasteiger partial charge in [0.1, 0.15) is 0 Å². The number of hydrogen-bond acceptors (Lipinski definition) is 3. The van der Waals surface area contributed by atoms with Crippen LogP contribution in [0.2, 0.25) is 0 Å². The lowest BCUT2D eigenvalue weighted by Crippen LogP contribution is -2.37. The molecular weight excluding hydrogens is 374 g/mol. The van der Waals surface area contributed by atoms with Gasteiger partial charge in [-0.05, 0) is 53.8 Å². The van der Waals surface area contributed by atoms with Crippen molar-refractivity contribution >= 4 is 21.8 Å². The number of amides is 1. The van der Waals surface area contributed by atoms with Gasteiger partial charge >= 0.3 is 10.2 Å². The molecule has 7 heteroatoms. The molecule has 0 aliphatic rings. The van der Waals surface area contributed by atoms with Crippen LogP contribution >= 0.6 is 0 Å². The Kier molecular flexibility index (Phi) is 7.21. The van der Waals surface area contributed by atoms with Crippen molar-refractivity contribution in [1.29, 1.82) is 0 Å². The third-order valence-electron chi connectivity index (χ3n) is 4.80. The first-order valence-corrected chi connectivity index (χ1v) is 10.8. The molecule has 0 atom stereocenters. The molecule has 152 valence electrons. The van der Waals surface area contributed by atoms with E-state index in [2.05, 4.69) is 37.4 Å². The Morgan fingerprint density at radius 2 is 1.57 bits per heavy atom. The lowest BCUT2D eigenvalue weighted by molar-refractivity contribution is 0.0951. The van der Waals surface area contributed by atoms with Crippen LogP contribution in [-0.4, -0.2) is 39.8 Å². The largest absolute Gasteiger partial charge is 0.348 e. The Balaban J connectivity index is 2.10. The van der Waals surface area contributed by atoms with Crippen LogP contribution in [0.1, 0.15) is 40.9 Å². The van der Waals surface area contributed by atoms with E-state index in [-0.39, 0.29) is 5.91 Å². The molecule has 28 heavy (non-hydrogen) atoms. The monoisotopic (exact) mass is 403 g/mol. The number of aryl methyl sites for hydroxylation is 2. The molecule has 2 aromatic rings. The van der Waals surface area contributed by atoms with Crippen molar-refractivity contribution < 1.29 is 13.2 Å². The van der Waals surface area contributed by atoms with Gasteiger partial charge < -0.3 is 5.32 Å². The molecule has 6 nitrogen and oxygen atoms in total. The Bertz CT molecular complexity index is 922. The number of nitrogens with one attached hydrogen (secondary N) is 1. The molecule has 0 aliphatic carbocycles. The van der Waals surface area contributed by atoms with Crippen LogP contribution in [0, 0.1) is 0 Å². The Morgan fingerprint density at radius 1 is 0.929 bits per heavy atom. The molecule has 0 saturated heterocycles. The fourth-order valence-corrected chi connectivity index (χ4v) is 3.77. The highest BCUT2D eigenvalue weighted by atomic mass is 32.2. The summed E-state index contributed by atoms with van der Waals surface area (Å²) >= 11 is 0. The van der Waals surface area contributed by atoms with Gasteiger partial charge in [0, 0.05) is 33.3 Å². The molecular formula is C21H29N3O3S. The lowest BCUT2D eigenvalue weighted by atomic mass is 10.0. The maximum absolute atomic E-state index is 12.5. The van der Waals surface area contributed by atoms with E-state index in [1.165, 1.54) is 36.6 Å². The molecule has 0 fully saturated rings. The van der Waals surface area contributed by atoms with E-state index >= 15 is 0 Å². The second kappa shape index (κ2) is 9.21. The molecule has 2 aromatic carbocycles. The van der Waals surface area contributed by atoms with E-state index in [1.807, 2.05) is 0 Å². The second-order valence-electron chi connectivity index (χ2n) is 6.80. The van der Waals surface area contributed by atoms with Crippen LogP contribution in [0.4, 0.5) is 5.69 Å². The van der Waals surface area contributed by atoms with E-state index in [0.717, 1.165) is 22.7 Å². The van der Waals surface area contributed by atoms with E-state index in [9.17, 15) is 13.2 Å². The normalized spacial score (nSPS) is 11.5. The minimum Gasteiger partial charge on any atom is -0.348 e. The summed E-state index contributed by atoms with van der Waals surface area (Å²) < 4.78 is 26.7. The topological polar surface area (TPSA) is 69.7 Å². The fraction of sp³-hybridized carbons (Fsp3) is 0.381. The fourth-order valence-electron chi connectivity index (χ4n) is 2.89. The zero-order valence-electron chi connectivity index (χ0n) is 17.2. The smallest absolute Gasteiger partial charge is 0.303 e. The van der Waals surface area contributed by atoms with Crippen molar-refractivity contribution in [3.8, 4) is 0 Å². The highest BCUT2D eigenvalue weighted by Crippen LogP contribution is 2.18. The van der Waals surface area contributed by atoms with E-state index < -0.39 is 10.2 Å². The van der Waals surface area contributed by atoms with Gasteiger partial charge in [-0.3, -0.25) is 9.10 Å². The van der Waals surface area contributed by atoms with Crippen molar-refractivity contribution in [2.45, 2.75) is 33.2 Å². The minimum atomic E-state index is -3.56. The summed E-state index contributed by atoms with van der Waals surface area (Å²) in [6, 6.07) is 12.9. The van der Waals surface area contributed by atoms with Gasteiger partial charge in [-0.2, -0.15) is 12.7 Å². The highest BCUT2D eigenvalue weighted by Gasteiger charge is 2.21. The average Bonchev–Trinajstić information content (AvgIpc) is 2.71. The van der Waals surface area contributed by atoms with Gasteiger partial charge in [-0.1, -0.05) is 32.0 Å². The van der Waals surface area contributed by atoms with Gasteiger partial charge in [-0.25, -0.2) is 0 Å². The summed E-state index contributed by atoms with van der Waals surface area (Å²) in [6.07, 6.45) is 1.87. The number of anilines is 1. The molecule has 0 unspecified atom stereocenters. The standard InChI is InChI=1S/C21H29N3O3S/c1-6-16-8-9-17(7-2)19(14-16)15-22-21(25)18-10-12-20(13-11-18)24(5)28(26,27)23(3)4/h8-14H,6-7,15H2,1-5H3,(H,22,25). The maximum atomic E-state index is 12.5. The third-order valence-corrected chi connectivity index (χ3v) is 6.63. The van der Waals surface area contributed by atoms with E-state index in [0.29, 0.717) is 17.8 Å². The van der Waals surface area contributed by atoms with Crippen LogP contribution in [0.15, 0.2) is 42.5 Å². The predicted molar refractivity (Wildman–Crippen MR) is 114 cm³/mol. The van der Waals surface area contributed by atoms with E-state index in [1.54, 1.807) is 24.3 Å². The first kappa shape index (κ1) is 21.9. The summed E-state index contributed by atoms with van der Waals surface area (Å²) in [6.45, 7) is 4.67.